The molecule has 2 N–H and O–H groups in total. The summed E-state index contributed by atoms with van der Waals surface area (Å²) >= 11 is 0. The SMILES string of the molecule is CCCCNC(=NCc1cccc(F)c1)NCC. The Morgan fingerprint density at radius 2 is 2.11 bits per heavy atom. The van der Waals surface area contributed by atoms with Crippen LogP contribution in [0.4, 0.5) is 4.39 Å². The number of aliphatic imine (C=N–C) groups is 1. The van der Waals surface area contributed by atoms with E-state index in [9.17, 15) is 4.39 Å². The van der Waals surface area contributed by atoms with E-state index in [0.717, 1.165) is 37.5 Å². The van der Waals surface area contributed by atoms with Crippen molar-refractivity contribution < 1.29 is 4.39 Å². The van der Waals surface area contributed by atoms with Gasteiger partial charge in [-0.25, -0.2) is 9.38 Å². The molecule has 0 amide bonds. The zero-order chi connectivity index (χ0) is 13.2. The largest absolute Gasteiger partial charge is 0.357 e. The summed E-state index contributed by atoms with van der Waals surface area (Å²) < 4.78 is 13.0. The Morgan fingerprint density at radius 3 is 2.78 bits per heavy atom. The molecule has 0 saturated carbocycles. The van der Waals surface area contributed by atoms with Crippen LogP contribution in [-0.4, -0.2) is 19.0 Å². The van der Waals surface area contributed by atoms with Gasteiger partial charge in [-0.05, 0) is 31.0 Å². The van der Waals surface area contributed by atoms with Crippen LogP contribution in [0.25, 0.3) is 0 Å². The van der Waals surface area contributed by atoms with E-state index in [4.69, 9.17) is 0 Å². The maximum atomic E-state index is 13.0. The van der Waals surface area contributed by atoms with Gasteiger partial charge in [0.15, 0.2) is 5.96 Å². The Hall–Kier alpha value is -1.58. The quantitative estimate of drug-likeness (QED) is 0.463. The first kappa shape index (κ1) is 14.5. The van der Waals surface area contributed by atoms with E-state index in [1.807, 2.05) is 13.0 Å². The highest BCUT2D eigenvalue weighted by atomic mass is 19.1. The monoisotopic (exact) mass is 251 g/mol. The molecule has 0 spiro atoms. The standard InChI is InChI=1S/C14H22FN3/c1-3-5-9-17-14(16-4-2)18-11-12-7-6-8-13(15)10-12/h6-8,10H,3-5,9,11H2,1-2H3,(H2,16,17,18). The van der Waals surface area contributed by atoms with Gasteiger partial charge in [0.25, 0.3) is 0 Å². The summed E-state index contributed by atoms with van der Waals surface area (Å²) in [6.07, 6.45) is 2.26. The summed E-state index contributed by atoms with van der Waals surface area (Å²) in [6, 6.07) is 6.54. The molecule has 1 rings (SSSR count). The summed E-state index contributed by atoms with van der Waals surface area (Å²) in [5.74, 6) is 0.571. The number of guanidine groups is 1. The lowest BCUT2D eigenvalue weighted by Crippen LogP contribution is -2.37. The Kier molecular flexibility index (Phi) is 6.84. The van der Waals surface area contributed by atoms with Crippen LogP contribution in [0.15, 0.2) is 29.3 Å². The molecule has 0 unspecified atom stereocenters. The third-order valence-corrected chi connectivity index (χ3v) is 2.48. The number of nitrogens with one attached hydrogen (secondary N) is 2. The van der Waals surface area contributed by atoms with Gasteiger partial charge in [0.05, 0.1) is 6.54 Å². The molecule has 18 heavy (non-hydrogen) atoms. The van der Waals surface area contributed by atoms with E-state index in [2.05, 4.69) is 22.5 Å². The Balaban J connectivity index is 2.53. The van der Waals surface area contributed by atoms with Crippen molar-refractivity contribution in [1.29, 1.82) is 0 Å². The second-order valence-corrected chi connectivity index (χ2v) is 4.11. The molecule has 0 saturated heterocycles. The number of hydrogen-bond acceptors (Lipinski definition) is 1. The molecular formula is C14H22FN3. The minimum atomic E-state index is -0.216. The van der Waals surface area contributed by atoms with Crippen LogP contribution in [0.2, 0.25) is 0 Å². The molecule has 0 fully saturated rings. The van der Waals surface area contributed by atoms with Crippen LogP contribution in [0, 0.1) is 5.82 Å². The van der Waals surface area contributed by atoms with Gasteiger partial charge in [0.1, 0.15) is 5.82 Å². The minimum Gasteiger partial charge on any atom is -0.357 e. The molecule has 4 heteroatoms. The first-order valence-corrected chi connectivity index (χ1v) is 6.53. The lowest BCUT2D eigenvalue weighted by molar-refractivity contribution is 0.625. The number of nitrogens with zero attached hydrogens (tertiary/aromatic N) is 1. The van der Waals surface area contributed by atoms with E-state index in [0.29, 0.717) is 6.54 Å². The molecule has 0 atom stereocenters. The molecule has 0 heterocycles. The number of hydrogen-bond donors (Lipinski definition) is 2. The molecule has 3 nitrogen and oxygen atoms in total. The lowest BCUT2D eigenvalue weighted by Gasteiger charge is -2.10. The fourth-order valence-electron chi connectivity index (χ4n) is 1.53. The van der Waals surface area contributed by atoms with Gasteiger partial charge in [-0.3, -0.25) is 0 Å². The van der Waals surface area contributed by atoms with Crippen LogP contribution in [-0.2, 0) is 6.54 Å². The second-order valence-electron chi connectivity index (χ2n) is 4.11. The van der Waals surface area contributed by atoms with Crippen molar-refractivity contribution in [3.05, 3.63) is 35.6 Å². The Bertz CT molecular complexity index is 377. The molecule has 0 aliphatic heterocycles. The minimum absolute atomic E-state index is 0.216. The van der Waals surface area contributed by atoms with Crippen LogP contribution in [0.3, 0.4) is 0 Å². The smallest absolute Gasteiger partial charge is 0.191 e. The van der Waals surface area contributed by atoms with Crippen molar-refractivity contribution in [1.82, 2.24) is 10.6 Å². The third-order valence-electron chi connectivity index (χ3n) is 2.48. The zero-order valence-corrected chi connectivity index (χ0v) is 11.2. The van der Waals surface area contributed by atoms with E-state index < -0.39 is 0 Å². The van der Waals surface area contributed by atoms with Gasteiger partial charge in [-0.1, -0.05) is 25.5 Å². The van der Waals surface area contributed by atoms with Crippen molar-refractivity contribution >= 4 is 5.96 Å². The highest BCUT2D eigenvalue weighted by molar-refractivity contribution is 5.79. The van der Waals surface area contributed by atoms with Gasteiger partial charge >= 0.3 is 0 Å². The first-order chi connectivity index (χ1) is 8.76. The molecule has 0 radical (unpaired) electrons. The van der Waals surface area contributed by atoms with E-state index in [-0.39, 0.29) is 5.82 Å². The fourth-order valence-corrected chi connectivity index (χ4v) is 1.53. The maximum absolute atomic E-state index is 13.0. The van der Waals surface area contributed by atoms with Crippen molar-refractivity contribution in [2.45, 2.75) is 33.2 Å². The highest BCUT2D eigenvalue weighted by Gasteiger charge is 1.97. The predicted octanol–water partition coefficient (Wildman–Crippen LogP) is 2.68. The zero-order valence-electron chi connectivity index (χ0n) is 11.2. The molecule has 1 aromatic rings. The number of halogens is 1. The lowest BCUT2D eigenvalue weighted by atomic mass is 10.2. The summed E-state index contributed by atoms with van der Waals surface area (Å²) in [6.45, 7) is 6.39. The van der Waals surface area contributed by atoms with Crippen molar-refractivity contribution in [3.8, 4) is 0 Å². The first-order valence-electron chi connectivity index (χ1n) is 6.53. The number of unbranched alkanes of at least 4 members (excludes halogenated alkanes) is 1. The molecule has 0 bridgehead atoms. The van der Waals surface area contributed by atoms with Crippen LogP contribution in [0.1, 0.15) is 32.3 Å². The van der Waals surface area contributed by atoms with Gasteiger partial charge in [-0.2, -0.15) is 0 Å². The van der Waals surface area contributed by atoms with Gasteiger partial charge in [0.2, 0.25) is 0 Å². The summed E-state index contributed by atoms with van der Waals surface area (Å²) in [5, 5.41) is 6.42. The number of rotatable bonds is 6. The topological polar surface area (TPSA) is 36.4 Å². The predicted molar refractivity (Wildman–Crippen MR) is 74.1 cm³/mol. The molecule has 1 aromatic carbocycles. The normalized spacial score (nSPS) is 11.4. The molecular weight excluding hydrogens is 229 g/mol. The second kappa shape index (κ2) is 8.50. The molecule has 100 valence electrons. The van der Waals surface area contributed by atoms with Crippen molar-refractivity contribution in [3.63, 3.8) is 0 Å². The van der Waals surface area contributed by atoms with Crippen LogP contribution in [0.5, 0.6) is 0 Å². The number of benzene rings is 1. The summed E-state index contributed by atoms with van der Waals surface area (Å²) in [5.41, 5.74) is 0.877. The Morgan fingerprint density at radius 1 is 1.28 bits per heavy atom. The van der Waals surface area contributed by atoms with E-state index in [1.54, 1.807) is 6.07 Å². The van der Waals surface area contributed by atoms with Gasteiger partial charge in [-0.15, -0.1) is 0 Å². The summed E-state index contributed by atoms with van der Waals surface area (Å²) in [4.78, 5) is 4.42. The maximum Gasteiger partial charge on any atom is 0.191 e. The van der Waals surface area contributed by atoms with E-state index in [1.165, 1.54) is 12.1 Å². The molecule has 0 aromatic heterocycles. The van der Waals surface area contributed by atoms with E-state index >= 15 is 0 Å². The van der Waals surface area contributed by atoms with Crippen LogP contribution < -0.4 is 10.6 Å². The molecule has 0 aliphatic rings. The molecule has 0 aliphatic carbocycles. The van der Waals surface area contributed by atoms with Gasteiger partial charge < -0.3 is 10.6 Å². The van der Waals surface area contributed by atoms with Crippen molar-refractivity contribution in [2.75, 3.05) is 13.1 Å². The average molecular weight is 251 g/mol. The highest BCUT2D eigenvalue weighted by Crippen LogP contribution is 2.04. The summed E-state index contributed by atoms with van der Waals surface area (Å²) in [7, 11) is 0. The third kappa shape index (κ3) is 5.66. The average Bonchev–Trinajstić information content (AvgIpc) is 2.36. The van der Waals surface area contributed by atoms with Crippen molar-refractivity contribution in [2.24, 2.45) is 4.99 Å². The Labute approximate surface area is 109 Å². The van der Waals surface area contributed by atoms with Gasteiger partial charge in [0, 0.05) is 13.1 Å². The fraction of sp³-hybridized carbons (Fsp3) is 0.500. The van der Waals surface area contributed by atoms with Crippen LogP contribution >= 0.6 is 0 Å².